The minimum Gasteiger partial charge on any atom is -0.494 e. The first-order chi connectivity index (χ1) is 17.3. The van der Waals surface area contributed by atoms with Crippen LogP contribution < -0.4 is 14.8 Å². The number of allylic oxidation sites excluding steroid dienone is 1. The van der Waals surface area contributed by atoms with Crippen LogP contribution in [0.25, 0.3) is 22.0 Å². The zero-order valence-electron chi connectivity index (χ0n) is 20.5. The van der Waals surface area contributed by atoms with E-state index in [1.54, 1.807) is 30.5 Å². The Morgan fingerprint density at radius 2 is 1.73 bits per heavy atom. The molecule has 0 fully saturated rings. The van der Waals surface area contributed by atoms with E-state index in [0.29, 0.717) is 34.2 Å². The number of aromatic nitrogens is 1. The van der Waals surface area contributed by atoms with Crippen molar-refractivity contribution < 1.29 is 36.9 Å². The van der Waals surface area contributed by atoms with Crippen LogP contribution in [0.15, 0.2) is 54.6 Å². The highest BCUT2D eigenvalue weighted by Crippen LogP contribution is 2.39. The van der Waals surface area contributed by atoms with E-state index in [1.807, 2.05) is 5.32 Å². The summed E-state index contributed by atoms with van der Waals surface area (Å²) in [6, 6.07) is 9.46. The lowest BCUT2D eigenvalue weighted by atomic mass is 9.86. The van der Waals surface area contributed by atoms with Crippen LogP contribution >= 0.6 is 0 Å². The second kappa shape index (κ2) is 10.5. The zero-order valence-corrected chi connectivity index (χ0v) is 20.5. The molecule has 0 unspecified atom stereocenters. The van der Waals surface area contributed by atoms with Crippen LogP contribution in [0.2, 0.25) is 0 Å². The Labute approximate surface area is 210 Å². The second-order valence-electron chi connectivity index (χ2n) is 8.72. The smallest absolute Gasteiger partial charge is 0.399 e. The number of carbonyl (C=O) groups is 1. The number of pyridine rings is 1. The van der Waals surface area contributed by atoms with Crippen LogP contribution in [0.5, 0.6) is 11.5 Å². The van der Waals surface area contributed by atoms with Gasteiger partial charge >= 0.3 is 6.18 Å². The molecule has 0 bridgehead atoms. The Bertz CT molecular complexity index is 1380. The number of nitrogens with zero attached hydrogens (tertiary/aromatic N) is 1. The van der Waals surface area contributed by atoms with E-state index in [2.05, 4.69) is 4.98 Å². The molecule has 0 saturated heterocycles. The van der Waals surface area contributed by atoms with Crippen molar-refractivity contribution in [2.24, 2.45) is 5.41 Å². The standard InChI is InChI=1S/C26H25F4N3O4/c1-25(2,26(28,29)30)22(31)12-24(35)33-23(34)10-15-6-5-14(8-18(15)27)17-7-16-9-20(36-3)21(37-4)11-19(16)32-13-17/h5-9,11-13,31,35H,10H2,1-4H3,(H,33,34)/b24-12-,31-22?. The molecule has 11 heteroatoms. The van der Waals surface area contributed by atoms with Gasteiger partial charge < -0.3 is 20.0 Å². The number of aliphatic hydroxyl groups excluding tert-OH is 1. The quantitative estimate of drug-likeness (QED) is 0.201. The molecule has 196 valence electrons. The predicted molar refractivity (Wildman–Crippen MR) is 130 cm³/mol. The molecule has 1 heterocycles. The van der Waals surface area contributed by atoms with Crippen LogP contribution in [-0.4, -0.2) is 42.1 Å². The lowest BCUT2D eigenvalue weighted by Crippen LogP contribution is -2.39. The number of amides is 1. The van der Waals surface area contributed by atoms with Crippen molar-refractivity contribution in [3.63, 3.8) is 0 Å². The summed E-state index contributed by atoms with van der Waals surface area (Å²) < 4.78 is 64.5. The molecule has 37 heavy (non-hydrogen) atoms. The van der Waals surface area contributed by atoms with Gasteiger partial charge in [-0.1, -0.05) is 12.1 Å². The Balaban J connectivity index is 1.75. The number of hydrogen-bond acceptors (Lipinski definition) is 6. The number of hydrogen-bond donors (Lipinski definition) is 3. The number of benzene rings is 2. The summed E-state index contributed by atoms with van der Waals surface area (Å²) >= 11 is 0. The summed E-state index contributed by atoms with van der Waals surface area (Å²) in [6.45, 7) is 1.55. The van der Waals surface area contributed by atoms with Crippen molar-refractivity contribution in [2.75, 3.05) is 14.2 Å². The van der Waals surface area contributed by atoms with Gasteiger partial charge in [0.05, 0.1) is 31.9 Å². The van der Waals surface area contributed by atoms with E-state index in [-0.39, 0.29) is 5.56 Å². The van der Waals surface area contributed by atoms with Crippen molar-refractivity contribution >= 4 is 22.5 Å². The summed E-state index contributed by atoms with van der Waals surface area (Å²) in [7, 11) is 3.02. The normalized spacial score (nSPS) is 12.4. The number of rotatable bonds is 8. The fourth-order valence-corrected chi connectivity index (χ4v) is 3.35. The van der Waals surface area contributed by atoms with E-state index in [9.17, 15) is 27.5 Å². The molecule has 0 saturated carbocycles. The van der Waals surface area contributed by atoms with E-state index in [1.165, 1.54) is 26.4 Å². The van der Waals surface area contributed by atoms with Crippen molar-refractivity contribution in [3.8, 4) is 22.6 Å². The molecular weight excluding hydrogens is 494 g/mol. The minimum absolute atomic E-state index is 0.0000909. The molecule has 0 radical (unpaired) electrons. The molecule has 3 rings (SSSR count). The number of alkyl halides is 3. The first-order valence-corrected chi connectivity index (χ1v) is 10.9. The van der Waals surface area contributed by atoms with Gasteiger partial charge in [-0.05, 0) is 43.2 Å². The minimum atomic E-state index is -4.73. The van der Waals surface area contributed by atoms with Gasteiger partial charge in [0.2, 0.25) is 5.91 Å². The second-order valence-corrected chi connectivity index (χ2v) is 8.72. The molecule has 0 spiro atoms. The van der Waals surface area contributed by atoms with Crippen LogP contribution in [0.3, 0.4) is 0 Å². The fourth-order valence-electron chi connectivity index (χ4n) is 3.35. The van der Waals surface area contributed by atoms with Crippen molar-refractivity contribution in [3.05, 3.63) is 65.9 Å². The largest absolute Gasteiger partial charge is 0.494 e. The summed E-state index contributed by atoms with van der Waals surface area (Å²) in [6.07, 6.45) is -3.15. The maximum absolute atomic E-state index is 14.8. The lowest BCUT2D eigenvalue weighted by molar-refractivity contribution is -0.186. The van der Waals surface area contributed by atoms with E-state index in [4.69, 9.17) is 14.9 Å². The lowest BCUT2D eigenvalue weighted by Gasteiger charge is -2.26. The van der Waals surface area contributed by atoms with Crippen molar-refractivity contribution in [2.45, 2.75) is 26.4 Å². The molecule has 2 aromatic carbocycles. The van der Waals surface area contributed by atoms with Crippen LogP contribution in [0, 0.1) is 16.6 Å². The van der Waals surface area contributed by atoms with Gasteiger partial charge in [0.1, 0.15) is 11.2 Å². The molecule has 7 nitrogen and oxygen atoms in total. The summed E-state index contributed by atoms with van der Waals surface area (Å²) in [5.41, 5.74) is -1.73. The van der Waals surface area contributed by atoms with Gasteiger partial charge in [-0.15, -0.1) is 0 Å². The first kappa shape index (κ1) is 27.4. The number of methoxy groups -OCH3 is 2. The Kier molecular flexibility index (Phi) is 7.75. The summed E-state index contributed by atoms with van der Waals surface area (Å²) in [5.74, 6) is -1.49. The SMILES string of the molecule is COc1cc2cc(-c3ccc(CC(=O)N/C(O)=C/C(=N)C(C)(C)C(F)(F)F)c(F)c3)cnc2cc1OC. The number of carbonyl (C=O) groups excluding carboxylic acids is 1. The van der Waals surface area contributed by atoms with Crippen molar-refractivity contribution in [1.82, 2.24) is 10.3 Å². The molecule has 0 aliphatic heterocycles. The number of ether oxygens (including phenoxy) is 2. The third kappa shape index (κ3) is 5.99. The fraction of sp³-hybridized carbons (Fsp3) is 0.269. The Morgan fingerprint density at radius 3 is 2.32 bits per heavy atom. The molecule has 3 N–H and O–H groups in total. The van der Waals surface area contributed by atoms with Crippen molar-refractivity contribution in [1.29, 1.82) is 5.41 Å². The zero-order chi connectivity index (χ0) is 27.5. The molecular formula is C26H25F4N3O4. The van der Waals surface area contributed by atoms with Gasteiger partial charge in [0.15, 0.2) is 17.4 Å². The molecule has 0 aliphatic rings. The maximum Gasteiger partial charge on any atom is 0.399 e. The van der Waals surface area contributed by atoms with Crippen LogP contribution in [0.4, 0.5) is 17.6 Å². The Morgan fingerprint density at radius 1 is 1.08 bits per heavy atom. The third-order valence-electron chi connectivity index (χ3n) is 5.85. The topological polar surface area (TPSA) is 105 Å². The first-order valence-electron chi connectivity index (χ1n) is 10.9. The molecule has 1 aromatic heterocycles. The highest BCUT2D eigenvalue weighted by molar-refractivity contribution is 5.98. The predicted octanol–water partition coefficient (Wildman–Crippen LogP) is 5.72. The highest BCUT2D eigenvalue weighted by Gasteiger charge is 2.49. The maximum atomic E-state index is 14.8. The number of halogens is 4. The van der Waals surface area contributed by atoms with E-state index in [0.717, 1.165) is 19.2 Å². The number of nitrogens with one attached hydrogen (secondary N) is 2. The number of fused-ring (bicyclic) bond motifs is 1. The molecule has 3 aromatic rings. The van der Waals surface area contributed by atoms with Gasteiger partial charge in [-0.25, -0.2) is 4.39 Å². The van der Waals surface area contributed by atoms with Crippen LogP contribution in [-0.2, 0) is 11.2 Å². The van der Waals surface area contributed by atoms with Gasteiger partial charge in [0, 0.05) is 29.3 Å². The third-order valence-corrected chi connectivity index (χ3v) is 5.85. The van der Waals surface area contributed by atoms with E-state index >= 15 is 0 Å². The summed E-state index contributed by atoms with van der Waals surface area (Å²) in [4.78, 5) is 16.6. The molecule has 0 atom stereocenters. The average molecular weight is 519 g/mol. The van der Waals surface area contributed by atoms with Crippen LogP contribution in [0.1, 0.15) is 19.4 Å². The van der Waals surface area contributed by atoms with Gasteiger partial charge in [0.25, 0.3) is 0 Å². The van der Waals surface area contributed by atoms with E-state index < -0.39 is 41.3 Å². The summed E-state index contributed by atoms with van der Waals surface area (Å²) in [5, 5.41) is 20.1. The molecule has 1 amide bonds. The number of aliphatic hydroxyl groups is 1. The average Bonchev–Trinajstić information content (AvgIpc) is 2.83. The Hall–Kier alpha value is -4.15. The van der Waals surface area contributed by atoms with Gasteiger partial charge in [-0.3, -0.25) is 15.1 Å². The monoisotopic (exact) mass is 519 g/mol. The van der Waals surface area contributed by atoms with Gasteiger partial charge in [-0.2, -0.15) is 13.2 Å². The molecule has 0 aliphatic carbocycles. The highest BCUT2D eigenvalue weighted by atomic mass is 19.4.